The molecule has 1 aromatic rings. The first-order chi connectivity index (χ1) is 7.64. The summed E-state index contributed by atoms with van der Waals surface area (Å²) in [6, 6.07) is 0. The predicted octanol–water partition coefficient (Wildman–Crippen LogP) is -0.307. The minimum Gasteiger partial charge on any atom is -0.315 e. The molecule has 1 N–H and O–H groups in total. The fraction of sp³-hybridized carbons (Fsp3) is 0.778. The fourth-order valence-electron chi connectivity index (χ4n) is 1.23. The van der Waals surface area contributed by atoms with Crippen molar-refractivity contribution in [3.63, 3.8) is 0 Å². The number of hydrogen-bond acceptors (Lipinski definition) is 5. The van der Waals surface area contributed by atoms with E-state index in [1.54, 1.807) is 24.0 Å². The Morgan fingerprint density at radius 2 is 2.19 bits per heavy atom. The molecule has 0 aliphatic heterocycles. The van der Waals surface area contributed by atoms with Gasteiger partial charge in [0.1, 0.15) is 9.84 Å². The normalized spacial score (nSPS) is 11.8. The van der Waals surface area contributed by atoms with E-state index in [4.69, 9.17) is 0 Å². The van der Waals surface area contributed by atoms with E-state index < -0.39 is 9.84 Å². The molecule has 0 bridgehead atoms. The van der Waals surface area contributed by atoms with E-state index in [9.17, 15) is 8.42 Å². The highest BCUT2D eigenvalue weighted by atomic mass is 32.2. The van der Waals surface area contributed by atoms with E-state index in [1.807, 2.05) is 0 Å². The van der Waals surface area contributed by atoms with Crippen molar-refractivity contribution in [3.8, 4) is 0 Å². The molecule has 0 amide bonds. The molecule has 1 rings (SSSR count). The van der Waals surface area contributed by atoms with Gasteiger partial charge in [0.25, 0.3) is 0 Å². The molecule has 7 heteroatoms. The summed E-state index contributed by atoms with van der Waals surface area (Å²) in [6.07, 6.45) is 4.09. The Morgan fingerprint density at radius 1 is 1.38 bits per heavy atom. The molecule has 92 valence electrons. The molecule has 0 aromatic carbocycles. The molecule has 0 aliphatic carbocycles. The van der Waals surface area contributed by atoms with E-state index >= 15 is 0 Å². The molecule has 16 heavy (non-hydrogen) atoms. The smallest absolute Gasteiger partial charge is 0.150 e. The molecule has 1 aromatic heterocycles. The zero-order valence-corrected chi connectivity index (χ0v) is 10.3. The van der Waals surface area contributed by atoms with Crippen LogP contribution in [-0.2, 0) is 16.4 Å². The van der Waals surface area contributed by atoms with E-state index in [2.05, 4.69) is 15.6 Å². The number of nitrogens with one attached hydrogen (secondary N) is 1. The van der Waals surface area contributed by atoms with Crippen LogP contribution < -0.4 is 5.32 Å². The van der Waals surface area contributed by atoms with Gasteiger partial charge in [-0.25, -0.2) is 8.42 Å². The maximum atomic E-state index is 11.2. The van der Waals surface area contributed by atoms with Crippen LogP contribution in [-0.4, -0.2) is 48.0 Å². The first-order valence-electron chi connectivity index (χ1n) is 5.39. The zero-order valence-electron chi connectivity index (χ0n) is 9.46. The molecule has 0 fully saturated rings. The van der Waals surface area contributed by atoms with Crippen molar-refractivity contribution < 1.29 is 8.42 Å². The Balaban J connectivity index is 2.01. The van der Waals surface area contributed by atoms with Crippen LogP contribution >= 0.6 is 0 Å². The van der Waals surface area contributed by atoms with Crippen molar-refractivity contribution >= 4 is 9.84 Å². The summed E-state index contributed by atoms with van der Waals surface area (Å²) in [5, 5.41) is 10.7. The maximum Gasteiger partial charge on any atom is 0.150 e. The second kappa shape index (κ2) is 6.59. The second-order valence-electron chi connectivity index (χ2n) is 3.51. The van der Waals surface area contributed by atoms with Gasteiger partial charge < -0.3 is 5.32 Å². The highest BCUT2D eigenvalue weighted by Gasteiger charge is 2.05. The first kappa shape index (κ1) is 13.1. The summed E-state index contributed by atoms with van der Waals surface area (Å²) in [6.45, 7) is 3.91. The van der Waals surface area contributed by atoms with E-state index in [1.165, 1.54) is 0 Å². The summed E-state index contributed by atoms with van der Waals surface area (Å²) in [5.74, 6) is 0.492. The third-order valence-electron chi connectivity index (χ3n) is 2.24. The maximum absolute atomic E-state index is 11.2. The zero-order chi connectivity index (χ0) is 11.9. The van der Waals surface area contributed by atoms with Crippen molar-refractivity contribution in [1.82, 2.24) is 20.3 Å². The molecular weight excluding hydrogens is 228 g/mol. The van der Waals surface area contributed by atoms with Crippen LogP contribution in [0, 0.1) is 0 Å². The second-order valence-corrected chi connectivity index (χ2v) is 5.98. The highest BCUT2D eigenvalue weighted by molar-refractivity contribution is 7.91. The van der Waals surface area contributed by atoms with Crippen LogP contribution in [0.15, 0.2) is 12.4 Å². The average molecular weight is 246 g/mol. The number of nitrogens with zero attached hydrogens (tertiary/aromatic N) is 3. The number of aromatic nitrogens is 3. The van der Waals surface area contributed by atoms with Crippen LogP contribution in [0.3, 0.4) is 0 Å². The Labute approximate surface area is 96.0 Å². The average Bonchev–Trinajstić information content (AvgIpc) is 2.76. The number of rotatable bonds is 8. The summed E-state index contributed by atoms with van der Waals surface area (Å²) in [4.78, 5) is 0. The lowest BCUT2D eigenvalue weighted by atomic mass is 10.4. The van der Waals surface area contributed by atoms with Crippen molar-refractivity contribution in [2.75, 3.05) is 24.6 Å². The molecule has 0 radical (unpaired) electrons. The SMILES string of the molecule is CCS(=O)(=O)CCCNCCn1ccnn1. The van der Waals surface area contributed by atoms with Gasteiger partial charge in [0.2, 0.25) is 0 Å². The Morgan fingerprint density at radius 3 is 2.81 bits per heavy atom. The van der Waals surface area contributed by atoms with Crippen molar-refractivity contribution in [2.24, 2.45) is 0 Å². The van der Waals surface area contributed by atoms with Crippen LogP contribution in [0.4, 0.5) is 0 Å². The summed E-state index contributed by atoms with van der Waals surface area (Å²) >= 11 is 0. The summed E-state index contributed by atoms with van der Waals surface area (Å²) in [7, 11) is -2.82. The first-order valence-corrected chi connectivity index (χ1v) is 7.21. The van der Waals surface area contributed by atoms with Crippen LogP contribution in [0.2, 0.25) is 0 Å². The van der Waals surface area contributed by atoms with Crippen LogP contribution in [0.1, 0.15) is 13.3 Å². The number of hydrogen-bond donors (Lipinski definition) is 1. The largest absolute Gasteiger partial charge is 0.315 e. The Hall–Kier alpha value is -0.950. The van der Waals surface area contributed by atoms with Crippen LogP contribution in [0.5, 0.6) is 0 Å². The van der Waals surface area contributed by atoms with Gasteiger partial charge in [-0.1, -0.05) is 12.1 Å². The highest BCUT2D eigenvalue weighted by Crippen LogP contribution is 1.92. The van der Waals surface area contributed by atoms with Gasteiger partial charge >= 0.3 is 0 Å². The fourth-order valence-corrected chi connectivity index (χ4v) is 2.10. The van der Waals surface area contributed by atoms with Crippen LogP contribution in [0.25, 0.3) is 0 Å². The molecule has 0 atom stereocenters. The standard InChI is InChI=1S/C9H18N4O2S/c1-2-16(14,15)9-3-4-10-5-7-13-8-6-11-12-13/h6,8,10H,2-5,7,9H2,1H3. The monoisotopic (exact) mass is 246 g/mol. The van der Waals surface area contributed by atoms with E-state index in [-0.39, 0.29) is 11.5 Å². The summed E-state index contributed by atoms with van der Waals surface area (Å²) < 4.78 is 24.1. The molecule has 0 saturated heterocycles. The molecule has 0 saturated carbocycles. The lowest BCUT2D eigenvalue weighted by Crippen LogP contribution is -2.23. The van der Waals surface area contributed by atoms with Gasteiger partial charge in [-0.3, -0.25) is 4.68 Å². The third kappa shape index (κ3) is 5.22. The molecule has 0 unspecified atom stereocenters. The molecular formula is C9H18N4O2S. The predicted molar refractivity (Wildman–Crippen MR) is 61.8 cm³/mol. The van der Waals surface area contributed by atoms with Crippen molar-refractivity contribution in [1.29, 1.82) is 0 Å². The van der Waals surface area contributed by atoms with Gasteiger partial charge in [0.05, 0.1) is 18.5 Å². The molecule has 1 heterocycles. The minimum absolute atomic E-state index is 0.228. The van der Waals surface area contributed by atoms with Gasteiger partial charge in [-0.2, -0.15) is 0 Å². The molecule has 0 spiro atoms. The van der Waals surface area contributed by atoms with Gasteiger partial charge in [-0.15, -0.1) is 5.10 Å². The van der Waals surface area contributed by atoms with Crippen molar-refractivity contribution in [3.05, 3.63) is 12.4 Å². The van der Waals surface area contributed by atoms with Crippen molar-refractivity contribution in [2.45, 2.75) is 19.9 Å². The van der Waals surface area contributed by atoms with E-state index in [0.29, 0.717) is 13.0 Å². The minimum atomic E-state index is -2.82. The Kier molecular flexibility index (Phi) is 5.41. The molecule has 6 nitrogen and oxygen atoms in total. The van der Waals surface area contributed by atoms with Gasteiger partial charge in [0.15, 0.2) is 0 Å². The van der Waals surface area contributed by atoms with Gasteiger partial charge in [-0.05, 0) is 13.0 Å². The topological polar surface area (TPSA) is 76.9 Å². The van der Waals surface area contributed by atoms with Gasteiger partial charge in [0, 0.05) is 18.5 Å². The third-order valence-corrected chi connectivity index (χ3v) is 4.03. The number of sulfone groups is 1. The lowest BCUT2D eigenvalue weighted by molar-refractivity contribution is 0.537. The van der Waals surface area contributed by atoms with E-state index in [0.717, 1.165) is 13.1 Å². The lowest BCUT2D eigenvalue weighted by Gasteiger charge is -2.04. The molecule has 0 aliphatic rings. The quantitative estimate of drug-likeness (QED) is 0.637. The summed E-state index contributed by atoms with van der Waals surface area (Å²) in [5.41, 5.74) is 0. The Bertz CT molecular complexity index is 374.